The number of H-pyrrole nitrogens is 1. The van der Waals surface area contributed by atoms with Gasteiger partial charge in [0.15, 0.2) is 6.10 Å². The number of aromatic nitrogens is 1. The van der Waals surface area contributed by atoms with E-state index in [0.717, 1.165) is 0 Å². The first-order chi connectivity index (χ1) is 14.2. The summed E-state index contributed by atoms with van der Waals surface area (Å²) in [4.78, 5) is 39.7. The Morgan fingerprint density at radius 2 is 1.77 bits per heavy atom. The lowest BCUT2D eigenvalue weighted by Gasteiger charge is -2.11. The van der Waals surface area contributed by atoms with E-state index >= 15 is 0 Å². The van der Waals surface area contributed by atoms with Crippen LogP contribution in [0.25, 0.3) is 6.08 Å². The second-order valence-corrected chi connectivity index (χ2v) is 6.50. The lowest BCUT2D eigenvalue weighted by molar-refractivity contribution is -0.140. The number of rotatable bonds is 8. The molecule has 0 aliphatic heterocycles. The highest BCUT2D eigenvalue weighted by Gasteiger charge is 2.27. The molecule has 0 saturated heterocycles. The van der Waals surface area contributed by atoms with Crippen molar-refractivity contribution in [2.24, 2.45) is 0 Å². The fourth-order valence-electron chi connectivity index (χ4n) is 3.00. The normalized spacial score (nSPS) is 11.8. The number of carbonyl (C=O) groups is 3. The SMILES string of the molecule is COC(=O)c1c(C)[nH]c(C(=O)C(C)OC(=O)/C=C/c2cc(OC)ccc2OC)c1C. The summed E-state index contributed by atoms with van der Waals surface area (Å²) in [7, 11) is 4.32. The van der Waals surface area contributed by atoms with Crippen molar-refractivity contribution in [3.8, 4) is 11.5 Å². The van der Waals surface area contributed by atoms with Gasteiger partial charge in [-0.3, -0.25) is 4.79 Å². The monoisotopic (exact) mass is 415 g/mol. The van der Waals surface area contributed by atoms with Crippen LogP contribution in [0.15, 0.2) is 24.3 Å². The minimum atomic E-state index is -1.06. The molecule has 1 atom stereocenters. The van der Waals surface area contributed by atoms with Crippen LogP contribution in [0, 0.1) is 13.8 Å². The Bertz CT molecular complexity index is 988. The molecule has 0 saturated carbocycles. The average molecular weight is 415 g/mol. The van der Waals surface area contributed by atoms with Gasteiger partial charge in [-0.05, 0) is 50.6 Å². The summed E-state index contributed by atoms with van der Waals surface area (Å²) in [6.45, 7) is 4.76. The number of methoxy groups -OCH3 is 3. The average Bonchev–Trinajstić information content (AvgIpc) is 3.04. The molecular formula is C22H25NO7. The first-order valence-corrected chi connectivity index (χ1v) is 9.15. The summed E-state index contributed by atoms with van der Waals surface area (Å²) >= 11 is 0. The second-order valence-electron chi connectivity index (χ2n) is 6.50. The molecule has 8 heteroatoms. The van der Waals surface area contributed by atoms with E-state index in [1.165, 1.54) is 40.4 Å². The van der Waals surface area contributed by atoms with Crippen molar-refractivity contribution < 1.29 is 33.3 Å². The Morgan fingerprint density at radius 3 is 2.37 bits per heavy atom. The molecule has 160 valence electrons. The maximum atomic E-state index is 12.7. The van der Waals surface area contributed by atoms with Crippen molar-refractivity contribution in [1.82, 2.24) is 4.98 Å². The number of aryl methyl sites for hydroxylation is 1. The number of nitrogens with one attached hydrogen (secondary N) is 1. The Kier molecular flexibility index (Phi) is 7.41. The highest BCUT2D eigenvalue weighted by molar-refractivity contribution is 6.04. The van der Waals surface area contributed by atoms with Crippen LogP contribution in [-0.2, 0) is 14.3 Å². The first-order valence-electron chi connectivity index (χ1n) is 9.15. The molecule has 0 spiro atoms. The van der Waals surface area contributed by atoms with Crippen molar-refractivity contribution in [3.63, 3.8) is 0 Å². The Hall–Kier alpha value is -3.55. The van der Waals surface area contributed by atoms with E-state index in [1.54, 1.807) is 32.0 Å². The molecule has 1 heterocycles. The van der Waals surface area contributed by atoms with Gasteiger partial charge in [-0.15, -0.1) is 0 Å². The zero-order valence-corrected chi connectivity index (χ0v) is 17.8. The molecule has 1 N–H and O–H groups in total. The third-order valence-electron chi connectivity index (χ3n) is 4.57. The van der Waals surface area contributed by atoms with Crippen molar-refractivity contribution >= 4 is 23.8 Å². The van der Waals surface area contributed by atoms with Crippen LogP contribution in [0.3, 0.4) is 0 Å². The largest absolute Gasteiger partial charge is 0.497 e. The van der Waals surface area contributed by atoms with Crippen molar-refractivity contribution in [3.05, 3.63) is 52.4 Å². The van der Waals surface area contributed by atoms with Crippen LogP contribution in [0.5, 0.6) is 11.5 Å². The maximum Gasteiger partial charge on any atom is 0.339 e. The quantitative estimate of drug-likeness (QED) is 0.401. The minimum absolute atomic E-state index is 0.201. The highest BCUT2D eigenvalue weighted by atomic mass is 16.5. The molecule has 0 radical (unpaired) electrons. The first kappa shape index (κ1) is 22.7. The molecule has 0 bridgehead atoms. The van der Waals surface area contributed by atoms with Crippen molar-refractivity contribution in [2.75, 3.05) is 21.3 Å². The van der Waals surface area contributed by atoms with Gasteiger partial charge < -0.3 is 23.9 Å². The standard InChI is InChI=1S/C22H25NO7/c1-12-19(22(26)29-6)13(2)23-20(12)21(25)14(3)30-18(24)10-7-15-11-16(27-4)8-9-17(15)28-5/h7-11,14,23H,1-6H3/b10-7+. The Morgan fingerprint density at radius 1 is 1.07 bits per heavy atom. The smallest absolute Gasteiger partial charge is 0.339 e. The number of hydrogen-bond donors (Lipinski definition) is 1. The highest BCUT2D eigenvalue weighted by Crippen LogP contribution is 2.25. The van der Waals surface area contributed by atoms with E-state index < -0.39 is 23.8 Å². The van der Waals surface area contributed by atoms with Gasteiger partial charge in [0.05, 0.1) is 32.6 Å². The topological polar surface area (TPSA) is 104 Å². The molecule has 8 nitrogen and oxygen atoms in total. The van der Waals surface area contributed by atoms with E-state index in [-0.39, 0.29) is 5.69 Å². The zero-order valence-electron chi connectivity index (χ0n) is 17.8. The van der Waals surface area contributed by atoms with Crippen LogP contribution in [-0.4, -0.2) is 50.1 Å². The van der Waals surface area contributed by atoms with Crippen molar-refractivity contribution in [1.29, 1.82) is 0 Å². The van der Waals surface area contributed by atoms with E-state index in [2.05, 4.69) is 4.98 Å². The molecule has 1 aromatic carbocycles. The molecule has 0 amide bonds. The number of hydrogen-bond acceptors (Lipinski definition) is 7. The number of aromatic amines is 1. The van der Waals surface area contributed by atoms with Gasteiger partial charge in [-0.25, -0.2) is 9.59 Å². The lowest BCUT2D eigenvalue weighted by Crippen LogP contribution is -2.24. The van der Waals surface area contributed by atoms with Crippen LogP contribution < -0.4 is 9.47 Å². The van der Waals surface area contributed by atoms with Crippen LogP contribution in [0.2, 0.25) is 0 Å². The van der Waals surface area contributed by atoms with E-state index in [4.69, 9.17) is 18.9 Å². The minimum Gasteiger partial charge on any atom is -0.497 e. The van der Waals surface area contributed by atoms with E-state index in [9.17, 15) is 14.4 Å². The summed E-state index contributed by atoms with van der Waals surface area (Å²) in [5.41, 5.74) is 2.07. The number of carbonyl (C=O) groups excluding carboxylic acids is 3. The molecule has 0 aliphatic carbocycles. The fourth-order valence-corrected chi connectivity index (χ4v) is 3.00. The van der Waals surface area contributed by atoms with Gasteiger partial charge in [-0.2, -0.15) is 0 Å². The van der Waals surface area contributed by atoms with Crippen LogP contribution in [0.1, 0.15) is 44.6 Å². The van der Waals surface area contributed by atoms with Gasteiger partial charge in [0.1, 0.15) is 11.5 Å². The third-order valence-corrected chi connectivity index (χ3v) is 4.57. The molecule has 1 aromatic heterocycles. The maximum absolute atomic E-state index is 12.7. The molecule has 0 aliphatic rings. The van der Waals surface area contributed by atoms with E-state index in [0.29, 0.717) is 33.9 Å². The number of Topliss-reactive ketones (excluding diaryl/α,β-unsaturated/α-hetero) is 1. The number of esters is 2. The molecule has 2 rings (SSSR count). The number of benzene rings is 1. The summed E-state index contributed by atoms with van der Waals surface area (Å²) in [5.74, 6) is -0.537. The molecule has 2 aromatic rings. The predicted octanol–water partition coefficient (Wildman–Crippen LogP) is 3.26. The predicted molar refractivity (Wildman–Crippen MR) is 110 cm³/mol. The number of ketones is 1. The molecule has 0 fully saturated rings. The van der Waals surface area contributed by atoms with Gasteiger partial charge >= 0.3 is 11.9 Å². The number of ether oxygens (including phenoxy) is 4. The zero-order chi connectivity index (χ0) is 22.4. The lowest BCUT2D eigenvalue weighted by atomic mass is 10.1. The van der Waals surface area contributed by atoms with Gasteiger partial charge in [0.25, 0.3) is 0 Å². The molecule has 1 unspecified atom stereocenters. The third kappa shape index (κ3) is 4.89. The molecular weight excluding hydrogens is 390 g/mol. The Balaban J connectivity index is 2.14. The van der Waals surface area contributed by atoms with Gasteiger partial charge in [0, 0.05) is 17.3 Å². The summed E-state index contributed by atoms with van der Waals surface area (Å²) in [6.07, 6.45) is 1.66. The summed E-state index contributed by atoms with van der Waals surface area (Å²) in [5, 5.41) is 0. The Labute approximate surface area is 174 Å². The summed E-state index contributed by atoms with van der Waals surface area (Å²) < 4.78 is 20.4. The van der Waals surface area contributed by atoms with E-state index in [1.807, 2.05) is 0 Å². The second kappa shape index (κ2) is 9.78. The molecule has 30 heavy (non-hydrogen) atoms. The van der Waals surface area contributed by atoms with Crippen LogP contribution in [0.4, 0.5) is 0 Å². The van der Waals surface area contributed by atoms with Crippen molar-refractivity contribution in [2.45, 2.75) is 26.9 Å². The fraction of sp³-hybridized carbons (Fsp3) is 0.318. The van der Waals surface area contributed by atoms with Gasteiger partial charge in [0.2, 0.25) is 5.78 Å². The summed E-state index contributed by atoms with van der Waals surface area (Å²) in [6, 6.07) is 5.15. The van der Waals surface area contributed by atoms with Gasteiger partial charge in [-0.1, -0.05) is 0 Å². The van der Waals surface area contributed by atoms with Crippen LogP contribution >= 0.6 is 0 Å².